The zero-order chi connectivity index (χ0) is 16.6. The molecule has 0 N–H and O–H groups in total. The largest absolute Gasteiger partial charge is 0.442 e. The molecule has 1 aliphatic rings. The highest BCUT2D eigenvalue weighted by atomic mass is 19.1. The maximum atomic E-state index is 12.9. The number of likely N-dealkylation sites (tertiary alicyclic amines) is 1. The number of likely N-dealkylation sites (N-methyl/N-ethyl adjacent to an activating group) is 1. The Morgan fingerprint density at radius 1 is 1.35 bits per heavy atom. The van der Waals surface area contributed by atoms with Gasteiger partial charge in [0, 0.05) is 20.0 Å². The molecule has 3 rings (SSSR count). The Morgan fingerprint density at radius 2 is 2.04 bits per heavy atom. The van der Waals surface area contributed by atoms with E-state index in [9.17, 15) is 18.8 Å². The molecule has 7 heteroatoms. The number of benzene rings is 1. The van der Waals surface area contributed by atoms with Crippen molar-refractivity contribution >= 4 is 17.5 Å². The van der Waals surface area contributed by atoms with E-state index in [0.29, 0.717) is 12.1 Å². The van der Waals surface area contributed by atoms with E-state index in [1.54, 1.807) is 12.1 Å². The summed E-state index contributed by atoms with van der Waals surface area (Å²) in [6, 6.07) is 5.89. The van der Waals surface area contributed by atoms with Gasteiger partial charge in [0.2, 0.25) is 11.6 Å². The predicted molar refractivity (Wildman–Crippen MR) is 76.2 cm³/mol. The minimum Gasteiger partial charge on any atom is -0.442 e. The highest BCUT2D eigenvalue weighted by Gasteiger charge is 2.43. The number of oxazole rings is 1. The zero-order valence-corrected chi connectivity index (χ0v) is 12.3. The minimum atomic E-state index is -1.06. The highest BCUT2D eigenvalue weighted by molar-refractivity contribution is 6.43. The van der Waals surface area contributed by atoms with Crippen molar-refractivity contribution < 1.29 is 23.2 Å². The van der Waals surface area contributed by atoms with E-state index in [2.05, 4.69) is 4.98 Å². The monoisotopic (exact) mass is 316 g/mol. The van der Waals surface area contributed by atoms with Gasteiger partial charge < -0.3 is 9.32 Å². The van der Waals surface area contributed by atoms with Crippen LogP contribution in [0.15, 0.2) is 34.9 Å². The Bertz CT molecular complexity index is 782. The van der Waals surface area contributed by atoms with Gasteiger partial charge >= 0.3 is 0 Å². The number of rotatable bonds is 4. The van der Waals surface area contributed by atoms with E-state index in [-0.39, 0.29) is 18.3 Å². The number of hydrogen-bond acceptors (Lipinski definition) is 5. The lowest BCUT2D eigenvalue weighted by Crippen LogP contribution is -2.24. The molecule has 0 saturated carbocycles. The first-order valence-corrected chi connectivity index (χ1v) is 6.98. The zero-order valence-electron chi connectivity index (χ0n) is 12.3. The highest BCUT2D eigenvalue weighted by Crippen LogP contribution is 2.19. The van der Waals surface area contributed by atoms with Gasteiger partial charge in [-0.3, -0.25) is 14.4 Å². The molecule has 2 heterocycles. The third kappa shape index (κ3) is 2.90. The summed E-state index contributed by atoms with van der Waals surface area (Å²) in [6.45, 7) is 0.0339. The molecule has 118 valence electrons. The molecule has 1 fully saturated rings. The fraction of sp³-hybridized carbons (Fsp3) is 0.250. The molecule has 23 heavy (non-hydrogen) atoms. The van der Waals surface area contributed by atoms with Gasteiger partial charge in [-0.15, -0.1) is 0 Å². The molecule has 6 nitrogen and oxygen atoms in total. The average Bonchev–Trinajstić information content (AvgIpc) is 3.10. The average molecular weight is 316 g/mol. The van der Waals surface area contributed by atoms with E-state index in [1.807, 2.05) is 0 Å². The third-order valence-electron chi connectivity index (χ3n) is 3.71. The van der Waals surface area contributed by atoms with Gasteiger partial charge in [0.15, 0.2) is 0 Å². The molecule has 0 radical (unpaired) electrons. The molecule has 1 aromatic heterocycles. The summed E-state index contributed by atoms with van der Waals surface area (Å²) in [5.41, 5.74) is 1.30. The van der Waals surface area contributed by atoms with Crippen LogP contribution in [0.5, 0.6) is 0 Å². The molecule has 0 aliphatic carbocycles. The van der Waals surface area contributed by atoms with Crippen LogP contribution < -0.4 is 0 Å². The number of amides is 1. The van der Waals surface area contributed by atoms with Crippen LogP contribution in [0.1, 0.15) is 21.9 Å². The summed E-state index contributed by atoms with van der Waals surface area (Å²) in [7, 11) is 1.46. The van der Waals surface area contributed by atoms with Crippen molar-refractivity contribution in [3.05, 3.63) is 53.5 Å². The lowest BCUT2D eigenvalue weighted by Gasteiger charge is -2.05. The number of hydrogen-bond donors (Lipinski definition) is 0. The molecular formula is C16H13FN2O4. The van der Waals surface area contributed by atoms with Gasteiger partial charge in [0.25, 0.3) is 11.8 Å². The fourth-order valence-corrected chi connectivity index (χ4v) is 2.44. The molecule has 2 aromatic rings. The van der Waals surface area contributed by atoms with E-state index in [4.69, 9.17) is 4.42 Å². The Labute approximate surface area is 130 Å². The first-order chi connectivity index (χ1) is 11.0. The number of Topliss-reactive ketones (excluding diaryl/α,β-unsaturated/α-hetero) is 2. The van der Waals surface area contributed by atoms with Crippen LogP contribution in [0, 0.1) is 11.7 Å². The maximum absolute atomic E-state index is 12.9. The Morgan fingerprint density at radius 3 is 2.65 bits per heavy atom. The van der Waals surface area contributed by atoms with E-state index < -0.39 is 23.4 Å². The first kappa shape index (κ1) is 15.1. The van der Waals surface area contributed by atoms with Crippen LogP contribution in [0.3, 0.4) is 0 Å². The quantitative estimate of drug-likeness (QED) is 0.482. The molecule has 1 atom stereocenters. The van der Waals surface area contributed by atoms with Crippen LogP contribution in [0.2, 0.25) is 0 Å². The number of aromatic nitrogens is 1. The van der Waals surface area contributed by atoms with Gasteiger partial charge in [-0.2, -0.15) is 0 Å². The van der Waals surface area contributed by atoms with E-state index in [0.717, 1.165) is 5.56 Å². The summed E-state index contributed by atoms with van der Waals surface area (Å²) in [5.74, 6) is -3.61. The fourth-order valence-electron chi connectivity index (χ4n) is 2.44. The second kappa shape index (κ2) is 5.75. The van der Waals surface area contributed by atoms with Crippen LogP contribution in [0.4, 0.5) is 4.39 Å². The van der Waals surface area contributed by atoms with E-state index >= 15 is 0 Å². The molecule has 1 saturated heterocycles. The second-order valence-electron chi connectivity index (χ2n) is 5.41. The van der Waals surface area contributed by atoms with Crippen LogP contribution in [-0.2, 0) is 16.0 Å². The van der Waals surface area contributed by atoms with Crippen molar-refractivity contribution in [1.82, 2.24) is 9.88 Å². The van der Waals surface area contributed by atoms with Crippen molar-refractivity contribution in [3.63, 3.8) is 0 Å². The predicted octanol–water partition coefficient (Wildman–Crippen LogP) is 1.24. The molecule has 1 aliphatic heterocycles. The minimum absolute atomic E-state index is 0.0339. The lowest BCUT2D eigenvalue weighted by molar-refractivity contribution is -0.139. The normalized spacial score (nSPS) is 17.8. The van der Waals surface area contributed by atoms with Crippen LogP contribution in [0.25, 0.3) is 0 Å². The Hall–Kier alpha value is -2.83. The van der Waals surface area contributed by atoms with Gasteiger partial charge in [-0.25, -0.2) is 9.37 Å². The van der Waals surface area contributed by atoms with E-state index in [1.165, 1.54) is 30.3 Å². The lowest BCUT2D eigenvalue weighted by atomic mass is 10.0. The SMILES string of the molecule is CN1CC(C(=O)c2nc(Cc3ccc(F)cc3)co2)C(=O)C1=O. The summed E-state index contributed by atoms with van der Waals surface area (Å²) in [5, 5.41) is 0. The molecule has 0 spiro atoms. The summed E-state index contributed by atoms with van der Waals surface area (Å²) < 4.78 is 18.0. The number of ketones is 2. The Balaban J connectivity index is 1.74. The number of nitrogens with zero attached hydrogens (tertiary/aromatic N) is 2. The first-order valence-electron chi connectivity index (χ1n) is 6.98. The Kier molecular flexibility index (Phi) is 3.77. The molecular weight excluding hydrogens is 303 g/mol. The van der Waals surface area contributed by atoms with Crippen molar-refractivity contribution in [2.45, 2.75) is 6.42 Å². The van der Waals surface area contributed by atoms with Crippen LogP contribution >= 0.6 is 0 Å². The smallest absolute Gasteiger partial charge is 0.290 e. The molecule has 0 bridgehead atoms. The number of carbonyl (C=O) groups is 3. The molecule has 1 unspecified atom stereocenters. The van der Waals surface area contributed by atoms with Crippen molar-refractivity contribution in [1.29, 1.82) is 0 Å². The van der Waals surface area contributed by atoms with Gasteiger partial charge in [-0.1, -0.05) is 12.1 Å². The number of carbonyl (C=O) groups excluding carboxylic acids is 3. The summed E-state index contributed by atoms with van der Waals surface area (Å²) >= 11 is 0. The standard InChI is InChI=1S/C16H13FN2O4/c1-19-7-12(14(21)16(19)22)13(20)15-18-11(8-23-15)6-9-2-4-10(17)5-3-9/h2-5,8,12H,6-7H2,1H3. The second-order valence-corrected chi connectivity index (χ2v) is 5.41. The third-order valence-corrected chi connectivity index (χ3v) is 3.71. The van der Waals surface area contributed by atoms with Crippen molar-refractivity contribution in [2.24, 2.45) is 5.92 Å². The van der Waals surface area contributed by atoms with Gasteiger partial charge in [-0.05, 0) is 17.7 Å². The van der Waals surface area contributed by atoms with Crippen molar-refractivity contribution in [3.8, 4) is 0 Å². The maximum Gasteiger partial charge on any atom is 0.290 e. The van der Waals surface area contributed by atoms with Crippen LogP contribution in [-0.4, -0.2) is 40.9 Å². The summed E-state index contributed by atoms with van der Waals surface area (Å²) in [4.78, 5) is 40.7. The summed E-state index contributed by atoms with van der Waals surface area (Å²) in [6.07, 6.45) is 1.69. The molecule has 1 aromatic carbocycles. The van der Waals surface area contributed by atoms with Crippen molar-refractivity contribution in [2.75, 3.05) is 13.6 Å². The topological polar surface area (TPSA) is 80.5 Å². The van der Waals surface area contributed by atoms with Gasteiger partial charge in [0.1, 0.15) is 18.0 Å². The van der Waals surface area contributed by atoms with Gasteiger partial charge in [0.05, 0.1) is 5.69 Å². The molecule has 1 amide bonds. The number of halogens is 1.